The van der Waals surface area contributed by atoms with Gasteiger partial charge in [-0.1, -0.05) is 40.7 Å². The van der Waals surface area contributed by atoms with Crippen molar-refractivity contribution in [3.05, 3.63) is 69.2 Å². The molecule has 0 spiro atoms. The summed E-state index contributed by atoms with van der Waals surface area (Å²) in [6.07, 6.45) is -4.79. The first-order valence-electron chi connectivity index (χ1n) is 31.4. The van der Waals surface area contributed by atoms with Crippen molar-refractivity contribution >= 4 is 83.3 Å². The van der Waals surface area contributed by atoms with Crippen LogP contribution in [0.2, 0.25) is 0 Å². The van der Waals surface area contributed by atoms with Gasteiger partial charge in [0, 0.05) is 114 Å². The number of ether oxygens (including phenoxy) is 1. The molecule has 2 unspecified atom stereocenters. The van der Waals surface area contributed by atoms with Gasteiger partial charge in [0.2, 0.25) is 41.4 Å². The predicted molar refractivity (Wildman–Crippen MR) is 344 cm³/mol. The molecule has 1 aromatic carbocycles. The van der Waals surface area contributed by atoms with Crippen LogP contribution in [0.25, 0.3) is 16.4 Å². The number of allylic oxidation sites excluding steroid dienone is 6. The van der Waals surface area contributed by atoms with Crippen molar-refractivity contribution in [2.45, 2.75) is 196 Å². The number of carboxylic acid groups (broad SMARTS) is 1. The normalized spacial score (nSPS) is 32.3. The molecule has 7 heterocycles. The Kier molecular flexibility index (Phi) is 25.2. The number of amides is 7. The number of rotatable bonds is 26. The average Bonchev–Trinajstić information content (AvgIpc) is 1.53. The van der Waals surface area contributed by atoms with E-state index < -0.39 is 149 Å². The Morgan fingerprint density at radius 2 is 1.35 bits per heavy atom. The fraction of sp³-hybridized carbons (Fsp3) is 0.625. The van der Waals surface area contributed by atoms with Crippen molar-refractivity contribution in [1.29, 1.82) is 0 Å². The Morgan fingerprint density at radius 3 is 1.91 bits per heavy atom. The number of aliphatic imine (C=N–C) groups is 3. The van der Waals surface area contributed by atoms with E-state index in [-0.39, 0.29) is 99.4 Å². The van der Waals surface area contributed by atoms with Crippen LogP contribution >= 0.6 is 7.82 Å². The molecule has 2 saturated heterocycles. The summed E-state index contributed by atoms with van der Waals surface area (Å²) in [4.78, 5) is 137. The maximum Gasteiger partial charge on any atom is 3.00 e. The monoisotopic (exact) mass is 1400 g/mol. The molecule has 1 aromatic heterocycles. The predicted octanol–water partition coefficient (Wildman–Crippen LogP) is 1.89. The molecule has 6 aliphatic heterocycles. The minimum Gasteiger partial charge on any atom is -0.870 e. The second-order valence-electron chi connectivity index (χ2n) is 27.5. The van der Waals surface area contributed by atoms with Crippen LogP contribution in [-0.2, 0) is 73.5 Å². The molecule has 530 valence electrons. The van der Waals surface area contributed by atoms with Gasteiger partial charge < -0.3 is 93.9 Å². The number of nitrogens with two attached hydrogens (primary N) is 6. The van der Waals surface area contributed by atoms with Gasteiger partial charge in [0.1, 0.15) is 18.3 Å². The topological polar surface area (TPSA) is 535 Å². The Labute approximate surface area is 567 Å². The van der Waals surface area contributed by atoms with Crippen molar-refractivity contribution in [2.24, 2.45) is 94.7 Å². The zero-order valence-corrected chi connectivity index (χ0v) is 58.2. The number of phosphoric acid groups is 1. The van der Waals surface area contributed by atoms with E-state index in [0.717, 1.165) is 18.1 Å². The summed E-state index contributed by atoms with van der Waals surface area (Å²) in [7, 11) is -5.32. The van der Waals surface area contributed by atoms with E-state index in [1.807, 2.05) is 80.5 Å². The third kappa shape index (κ3) is 16.1. The number of aliphatic hydroxyl groups excluding tert-OH is 2. The van der Waals surface area contributed by atoms with Crippen LogP contribution in [0.4, 0.5) is 0 Å². The molecule has 6 aliphatic rings. The molecule has 16 N–H and O–H groups in total. The number of aliphatic hydroxyl groups is 2. The summed E-state index contributed by atoms with van der Waals surface area (Å²) in [6.45, 7) is 19.9. The number of carbonyl (C=O) groups excluding carboxylic acids is 8. The van der Waals surface area contributed by atoms with Crippen LogP contribution in [0.5, 0.6) is 0 Å². The summed E-state index contributed by atoms with van der Waals surface area (Å²) < 4.78 is 31.9. The molecule has 2 fully saturated rings. The van der Waals surface area contributed by atoms with Gasteiger partial charge in [-0.15, -0.1) is 0 Å². The number of nitrogens with one attached hydrogen (secondary N) is 1. The molecule has 2 aromatic rings. The second kappa shape index (κ2) is 30.4. The number of carboxylic acids is 1. The summed E-state index contributed by atoms with van der Waals surface area (Å²) in [5.74, 6) is -8.49. The van der Waals surface area contributed by atoms with E-state index in [2.05, 4.69) is 10.3 Å². The summed E-state index contributed by atoms with van der Waals surface area (Å²) in [5, 5.41) is 39.0. The van der Waals surface area contributed by atoms with Gasteiger partial charge in [0.05, 0.1) is 41.3 Å². The van der Waals surface area contributed by atoms with Crippen molar-refractivity contribution in [3.8, 4) is 0 Å². The van der Waals surface area contributed by atoms with Crippen LogP contribution in [0.3, 0.4) is 0 Å². The van der Waals surface area contributed by atoms with Crippen molar-refractivity contribution in [3.63, 3.8) is 0 Å². The molecule has 15 atom stereocenters. The average molecular weight is 1410 g/mol. The summed E-state index contributed by atoms with van der Waals surface area (Å²) in [5.41, 5.74) is 36.7. The van der Waals surface area contributed by atoms with Crippen LogP contribution in [0.1, 0.15) is 157 Å². The summed E-state index contributed by atoms with van der Waals surface area (Å²) >= 11 is 0. The number of fused-ring (bicyclic) bond motifs is 7. The number of aliphatic carboxylic acids is 1. The molecule has 0 saturated carbocycles. The van der Waals surface area contributed by atoms with Gasteiger partial charge in [-0.2, -0.15) is 5.70 Å². The molecule has 0 radical (unpaired) electrons. The number of carbonyl (C=O) groups is 8. The smallest absolute Gasteiger partial charge is 0.870 e. The number of aromatic nitrogens is 2. The van der Waals surface area contributed by atoms with E-state index in [1.54, 1.807) is 6.92 Å². The van der Waals surface area contributed by atoms with Crippen molar-refractivity contribution < 1.29 is 99.2 Å². The van der Waals surface area contributed by atoms with E-state index in [9.17, 15) is 53.2 Å². The molecule has 30 nitrogen and oxygen atoms in total. The van der Waals surface area contributed by atoms with E-state index in [1.165, 1.54) is 17.8 Å². The van der Waals surface area contributed by atoms with Crippen LogP contribution in [0, 0.1) is 59.2 Å². The Morgan fingerprint density at radius 1 is 0.792 bits per heavy atom. The molecule has 8 bridgehead atoms. The van der Waals surface area contributed by atoms with Gasteiger partial charge in [0.15, 0.2) is 6.23 Å². The van der Waals surface area contributed by atoms with E-state index in [4.69, 9.17) is 78.4 Å². The zero-order valence-electron chi connectivity index (χ0n) is 56.3. The van der Waals surface area contributed by atoms with Crippen LogP contribution in [-0.4, -0.2) is 139 Å². The first-order valence-corrected chi connectivity index (χ1v) is 32.9. The fourth-order valence-electron chi connectivity index (χ4n) is 15.3. The number of imidazole rings is 1. The van der Waals surface area contributed by atoms with Gasteiger partial charge in [0.25, 0.3) is 7.82 Å². The number of aryl methyl sites for hydroxylation is 2. The van der Waals surface area contributed by atoms with Crippen molar-refractivity contribution in [1.82, 2.24) is 14.9 Å². The molecular formula is C64H92CoN13O17P-. The molecule has 96 heavy (non-hydrogen) atoms. The molecule has 0 aliphatic carbocycles. The Hall–Kier alpha value is -7.06. The van der Waals surface area contributed by atoms with Gasteiger partial charge in [-0.05, 0) is 126 Å². The van der Waals surface area contributed by atoms with Gasteiger partial charge in [-0.25, -0.2) is 4.98 Å². The molecule has 32 heteroatoms. The second-order valence-corrected chi connectivity index (χ2v) is 28.8. The van der Waals surface area contributed by atoms with Crippen molar-refractivity contribution in [2.75, 3.05) is 13.2 Å². The first kappa shape index (κ1) is 79.6. The largest absolute Gasteiger partial charge is 3.00 e. The zero-order chi connectivity index (χ0) is 70.3. The maximum atomic E-state index is 14.4. The minimum absolute atomic E-state index is 0. The molecule has 8 rings (SSSR count). The minimum atomic E-state index is -5.32. The first-order chi connectivity index (χ1) is 43.6. The quantitative estimate of drug-likeness (QED) is 0.0607. The number of hydrogen-bond donors (Lipinski definition) is 9. The van der Waals surface area contributed by atoms with E-state index >= 15 is 0 Å². The Balaban J connectivity index is 0.00000270. The van der Waals surface area contributed by atoms with E-state index in [0.29, 0.717) is 56.4 Å². The summed E-state index contributed by atoms with van der Waals surface area (Å²) in [6, 6.07) is 2.65. The molecule has 7 amide bonds. The van der Waals surface area contributed by atoms with Gasteiger partial charge in [-0.3, -0.25) is 53.1 Å². The third-order valence-electron chi connectivity index (χ3n) is 20.5. The number of benzene rings is 1. The number of primary amides is 6. The fourth-order valence-corrected chi connectivity index (χ4v) is 16.4. The Bertz CT molecular complexity index is 3660. The van der Waals surface area contributed by atoms with Gasteiger partial charge >= 0.3 is 16.8 Å². The van der Waals surface area contributed by atoms with Crippen LogP contribution < -0.4 is 49.7 Å². The number of hydrogen-bond acceptors (Lipinski definition) is 21. The standard InChI is InChI=1S/C62H90N13O14P.C2H4O2.Co.H2O/c1-29-20-39-40(21-30(29)2)75(28-70-39)57-52(84)53(41(27-76)87-57)89-90(85,86)88-31(3)26-69-49(83)18-19-59(8)37(22-46(66)80)56-62(11)61(10,25-48(68)82)36(14-17-45(65)79)51(74-62)33(5)55-60(9,24-47(67)81)34(12-15-43(63)77)38(71-55)23-42-58(6,7)35(13-16-44(64)78)50(72-42)32(4)54(59)73-56;1-2(3)4;;/h20-21,23,28,31,34-37,41,52-53,56-57,76,84H,12-19,22,24-27H2,1-11H3,(H15,63,64,65,66,67,68,69,71,72,73,74,77,78,79,80,81,82,83,85,86);1H3,(H,3,4);;1H2/q;;+3;/p-4/t31-,34+,35+,36+,37-,41+,52+,53+,56?,57-,59+,60-,61-,62-;;;/m0.../s1. The third-order valence-corrected chi connectivity index (χ3v) is 21.6. The maximum absolute atomic E-state index is 14.4. The number of phosphoric ester groups is 1. The van der Waals surface area contributed by atoms with Crippen LogP contribution in [0.15, 0.2) is 67.8 Å². The molecular weight excluding hydrogens is 1310 g/mol. The number of nitrogens with zero attached hydrogens (tertiary/aromatic N) is 6. The SMILES string of the molecule is C/C1=C2/[N-]C([C@H](CC(N)=O)[C@@]2(C)CCC(=O)NC[C@H](C)OP(=O)([O-])O[C@H]2[C@@H](O)[C@@H](n3cnc4cc(C)c(C)cc43)O[C@@H]2CO)[C@]2(C)N=C(/C(C)=C3N=C(/C=C4N=C1[C@@H](CCC(N)=O)C\4(C)C)[C@@H](CCC(N)=O)[C@]\3(C)CC(N)=O)[C@@H](CCC(N)=O)[C@]2(C)CC(N)=O.CC(=O)[O-].[Co+3].[OH-].